The van der Waals surface area contributed by atoms with Gasteiger partial charge in [-0.2, -0.15) is 0 Å². The first-order valence-corrected chi connectivity index (χ1v) is 12.3. The lowest BCUT2D eigenvalue weighted by Crippen LogP contribution is -2.28. The highest BCUT2D eigenvalue weighted by Gasteiger charge is 2.34. The first-order valence-electron chi connectivity index (χ1n) is 11.4. The number of carbonyl (C=O) groups is 2. The van der Waals surface area contributed by atoms with Crippen LogP contribution in [0.2, 0.25) is 0 Å². The lowest BCUT2D eigenvalue weighted by molar-refractivity contribution is -0.122. The maximum Gasteiger partial charge on any atom is 0.335 e. The molecule has 1 fully saturated rings. The van der Waals surface area contributed by atoms with Crippen molar-refractivity contribution >= 4 is 40.6 Å². The number of aliphatic imine (C=N–C) groups is 1. The number of aromatic carboxylic acids is 1. The van der Waals surface area contributed by atoms with Crippen LogP contribution in [0.25, 0.3) is 6.08 Å². The van der Waals surface area contributed by atoms with Crippen molar-refractivity contribution < 1.29 is 33.6 Å². The van der Waals surface area contributed by atoms with Crippen LogP contribution in [0.3, 0.4) is 0 Å². The largest absolute Gasteiger partial charge is 0.497 e. The Morgan fingerprint density at radius 3 is 2.16 bits per heavy atom. The summed E-state index contributed by atoms with van der Waals surface area (Å²) in [5.41, 5.74) is 2.22. The summed E-state index contributed by atoms with van der Waals surface area (Å²) in [5, 5.41) is 9.68. The average Bonchev–Trinajstić information content (AvgIpc) is 3.22. The molecule has 0 bridgehead atoms. The number of amides is 1. The third-order valence-electron chi connectivity index (χ3n) is 5.75. The fourth-order valence-corrected chi connectivity index (χ4v) is 4.80. The minimum Gasteiger partial charge on any atom is -0.497 e. The fraction of sp³-hybridized carbons (Fsp3) is 0.179. The molecule has 0 aromatic heterocycles. The number of carbonyl (C=O) groups excluding carboxylic acids is 1. The zero-order valence-corrected chi connectivity index (χ0v) is 22.1. The highest BCUT2D eigenvalue weighted by Crippen LogP contribution is 2.43. The minimum absolute atomic E-state index is 0.170. The average molecular weight is 535 g/mol. The molecule has 0 saturated carbocycles. The molecule has 1 saturated heterocycles. The Balaban J connectivity index is 1.74. The molecule has 9 nitrogen and oxygen atoms in total. The molecule has 3 aromatic carbocycles. The van der Waals surface area contributed by atoms with E-state index in [0.717, 1.165) is 5.56 Å². The molecule has 3 aromatic rings. The highest BCUT2D eigenvalue weighted by molar-refractivity contribution is 8.18. The Bertz CT molecular complexity index is 1400. The molecule has 0 atom stereocenters. The molecule has 1 heterocycles. The van der Waals surface area contributed by atoms with Crippen molar-refractivity contribution in [3.8, 4) is 23.0 Å². The van der Waals surface area contributed by atoms with Gasteiger partial charge in [0.2, 0.25) is 5.75 Å². The lowest BCUT2D eigenvalue weighted by atomic mass is 10.1. The summed E-state index contributed by atoms with van der Waals surface area (Å²) in [4.78, 5) is 31.6. The molecule has 1 aliphatic rings. The van der Waals surface area contributed by atoms with E-state index in [1.165, 1.54) is 45.2 Å². The van der Waals surface area contributed by atoms with E-state index < -0.39 is 5.97 Å². The number of ether oxygens (including phenoxy) is 4. The summed E-state index contributed by atoms with van der Waals surface area (Å²) in [6.45, 7) is 0.209. The number of thioether (sulfide) groups is 1. The molecule has 10 heteroatoms. The van der Waals surface area contributed by atoms with E-state index in [1.54, 1.807) is 66.6 Å². The van der Waals surface area contributed by atoms with Crippen LogP contribution >= 0.6 is 11.8 Å². The Labute approximate surface area is 224 Å². The van der Waals surface area contributed by atoms with E-state index in [1.807, 2.05) is 0 Å². The maximum atomic E-state index is 13.6. The summed E-state index contributed by atoms with van der Waals surface area (Å²) >= 11 is 1.23. The number of methoxy groups -OCH3 is 4. The third kappa shape index (κ3) is 5.60. The monoisotopic (exact) mass is 534 g/mol. The van der Waals surface area contributed by atoms with Crippen molar-refractivity contribution in [1.82, 2.24) is 4.90 Å². The summed E-state index contributed by atoms with van der Waals surface area (Å²) < 4.78 is 21.6. The number of amidine groups is 1. The quantitative estimate of drug-likeness (QED) is 0.372. The van der Waals surface area contributed by atoms with Gasteiger partial charge in [-0.1, -0.05) is 12.1 Å². The Kier molecular flexibility index (Phi) is 8.22. The lowest BCUT2D eigenvalue weighted by Gasteiger charge is -2.16. The zero-order valence-electron chi connectivity index (χ0n) is 21.3. The van der Waals surface area contributed by atoms with Gasteiger partial charge in [-0.3, -0.25) is 9.69 Å². The predicted molar refractivity (Wildman–Crippen MR) is 146 cm³/mol. The number of carboxylic acid groups (broad SMARTS) is 1. The van der Waals surface area contributed by atoms with Gasteiger partial charge in [0.15, 0.2) is 16.7 Å². The standard InChI is InChI=1S/C28H26N2O7S/c1-34-21-12-10-20(11-13-21)29-28-30(16-17-5-7-18(8-6-17)27(32)33)26(31)23(38-28)15-19-9-14-22(35-2)25(37-4)24(19)36-3/h5-15H,16H2,1-4H3,(H,32,33)/b23-15-,29-28?. The number of hydrogen-bond donors (Lipinski definition) is 1. The van der Waals surface area contributed by atoms with Gasteiger partial charge in [-0.15, -0.1) is 0 Å². The van der Waals surface area contributed by atoms with E-state index in [0.29, 0.717) is 44.3 Å². The van der Waals surface area contributed by atoms with E-state index in [2.05, 4.69) is 0 Å². The molecule has 1 aliphatic heterocycles. The highest BCUT2D eigenvalue weighted by atomic mass is 32.2. The van der Waals surface area contributed by atoms with Crippen LogP contribution < -0.4 is 18.9 Å². The molecule has 196 valence electrons. The van der Waals surface area contributed by atoms with Gasteiger partial charge in [-0.25, -0.2) is 9.79 Å². The molecule has 0 spiro atoms. The van der Waals surface area contributed by atoms with Gasteiger partial charge in [0.1, 0.15) is 5.75 Å². The molecular formula is C28H26N2O7S. The first kappa shape index (κ1) is 26.6. The summed E-state index contributed by atoms with van der Waals surface area (Å²) in [6.07, 6.45) is 1.73. The van der Waals surface area contributed by atoms with Crippen molar-refractivity contribution in [3.63, 3.8) is 0 Å². The SMILES string of the molecule is COc1ccc(N=C2S/C(=C\c3ccc(OC)c(OC)c3OC)C(=O)N2Cc2ccc(C(=O)O)cc2)cc1. The molecular weight excluding hydrogens is 508 g/mol. The van der Waals surface area contributed by atoms with Gasteiger partial charge >= 0.3 is 5.97 Å². The van der Waals surface area contributed by atoms with Crippen LogP contribution in [-0.4, -0.2) is 55.5 Å². The van der Waals surface area contributed by atoms with Crippen LogP contribution in [0.5, 0.6) is 23.0 Å². The van der Waals surface area contributed by atoms with Gasteiger partial charge in [-0.05, 0) is 71.9 Å². The minimum atomic E-state index is -1.01. The number of nitrogens with zero attached hydrogens (tertiary/aromatic N) is 2. The van der Waals surface area contributed by atoms with Crippen molar-refractivity contribution in [2.45, 2.75) is 6.54 Å². The maximum absolute atomic E-state index is 13.6. The van der Waals surface area contributed by atoms with E-state index in [-0.39, 0.29) is 18.0 Å². The Morgan fingerprint density at radius 2 is 1.58 bits per heavy atom. The van der Waals surface area contributed by atoms with Crippen molar-refractivity contribution in [3.05, 3.63) is 82.3 Å². The van der Waals surface area contributed by atoms with Gasteiger partial charge in [0.25, 0.3) is 5.91 Å². The summed E-state index contributed by atoms with van der Waals surface area (Å²) in [6, 6.07) is 17.1. The van der Waals surface area contributed by atoms with Gasteiger partial charge in [0.05, 0.1) is 51.1 Å². The first-order chi connectivity index (χ1) is 18.4. The Morgan fingerprint density at radius 1 is 0.895 bits per heavy atom. The van der Waals surface area contributed by atoms with Gasteiger partial charge < -0.3 is 24.1 Å². The molecule has 1 amide bonds. The second-order valence-corrected chi connectivity index (χ2v) is 9.03. The topological polar surface area (TPSA) is 107 Å². The molecule has 0 unspecified atom stereocenters. The fourth-order valence-electron chi connectivity index (χ4n) is 3.81. The number of carboxylic acids is 1. The number of hydrogen-bond acceptors (Lipinski definition) is 8. The van der Waals surface area contributed by atoms with Gasteiger partial charge in [0, 0.05) is 5.56 Å². The zero-order chi connectivity index (χ0) is 27.2. The third-order valence-corrected chi connectivity index (χ3v) is 6.75. The molecule has 0 aliphatic carbocycles. The van der Waals surface area contributed by atoms with Crippen molar-refractivity contribution in [2.75, 3.05) is 28.4 Å². The predicted octanol–water partition coefficient (Wildman–Crippen LogP) is 5.22. The second-order valence-electron chi connectivity index (χ2n) is 8.02. The summed E-state index contributed by atoms with van der Waals surface area (Å²) in [5.74, 6) is 0.790. The second kappa shape index (κ2) is 11.7. The molecule has 4 rings (SSSR count). The normalized spacial score (nSPS) is 15.2. The number of benzene rings is 3. The molecule has 0 radical (unpaired) electrons. The smallest absolute Gasteiger partial charge is 0.335 e. The van der Waals surface area contributed by atoms with E-state index in [9.17, 15) is 14.7 Å². The summed E-state index contributed by atoms with van der Waals surface area (Å²) in [7, 11) is 6.16. The van der Waals surface area contributed by atoms with Crippen LogP contribution in [0.1, 0.15) is 21.5 Å². The van der Waals surface area contributed by atoms with Crippen molar-refractivity contribution in [1.29, 1.82) is 0 Å². The van der Waals surface area contributed by atoms with Crippen LogP contribution in [0.15, 0.2) is 70.6 Å². The van der Waals surface area contributed by atoms with Crippen LogP contribution in [0.4, 0.5) is 5.69 Å². The molecule has 38 heavy (non-hydrogen) atoms. The number of rotatable bonds is 9. The van der Waals surface area contributed by atoms with Crippen LogP contribution in [-0.2, 0) is 11.3 Å². The van der Waals surface area contributed by atoms with E-state index in [4.69, 9.17) is 23.9 Å². The van der Waals surface area contributed by atoms with E-state index >= 15 is 0 Å². The van der Waals surface area contributed by atoms with Crippen LogP contribution in [0, 0.1) is 0 Å². The van der Waals surface area contributed by atoms with Crippen molar-refractivity contribution in [2.24, 2.45) is 4.99 Å². The Hall–Kier alpha value is -4.44. The molecule has 1 N–H and O–H groups in total.